The van der Waals surface area contributed by atoms with E-state index in [0.29, 0.717) is 13.1 Å². The zero-order chi connectivity index (χ0) is 13.1. The van der Waals surface area contributed by atoms with Crippen molar-refractivity contribution in [2.45, 2.75) is 18.9 Å². The Morgan fingerprint density at radius 2 is 2.11 bits per heavy atom. The molecule has 5 heteroatoms. The highest BCUT2D eigenvalue weighted by atomic mass is 19.1. The van der Waals surface area contributed by atoms with Crippen molar-refractivity contribution in [3.05, 3.63) is 29.6 Å². The van der Waals surface area contributed by atoms with Gasteiger partial charge in [0.05, 0.1) is 17.4 Å². The third kappa shape index (κ3) is 2.46. The number of aromatic carboxylic acids is 1. The molecule has 4 nitrogen and oxygen atoms in total. The van der Waals surface area contributed by atoms with E-state index < -0.39 is 11.8 Å². The third-order valence-corrected chi connectivity index (χ3v) is 3.31. The van der Waals surface area contributed by atoms with E-state index in [4.69, 9.17) is 9.84 Å². The highest BCUT2D eigenvalue weighted by Crippen LogP contribution is 2.28. The van der Waals surface area contributed by atoms with Gasteiger partial charge in [-0.1, -0.05) is 6.07 Å². The molecule has 1 N–H and O–H groups in total. The topological polar surface area (TPSA) is 49.8 Å². The quantitative estimate of drug-likeness (QED) is 0.896. The Morgan fingerprint density at radius 3 is 2.67 bits per heavy atom. The third-order valence-electron chi connectivity index (χ3n) is 3.31. The van der Waals surface area contributed by atoms with E-state index >= 15 is 0 Å². The fourth-order valence-corrected chi connectivity index (χ4v) is 2.32. The van der Waals surface area contributed by atoms with Gasteiger partial charge in [0.1, 0.15) is 5.82 Å². The smallest absolute Gasteiger partial charge is 0.337 e. The van der Waals surface area contributed by atoms with E-state index in [1.165, 1.54) is 18.2 Å². The summed E-state index contributed by atoms with van der Waals surface area (Å²) in [6.45, 7) is 1.22. The molecule has 0 atom stereocenters. The maximum atomic E-state index is 13.8. The number of halogens is 1. The number of ether oxygens (including phenoxy) is 1. The minimum absolute atomic E-state index is 0.0193. The largest absolute Gasteiger partial charge is 0.478 e. The minimum Gasteiger partial charge on any atom is -0.478 e. The van der Waals surface area contributed by atoms with Gasteiger partial charge in [-0.3, -0.25) is 0 Å². The second kappa shape index (κ2) is 5.35. The van der Waals surface area contributed by atoms with E-state index in [1.54, 1.807) is 12.0 Å². The molecule has 1 aliphatic heterocycles. The number of carboxylic acids is 1. The van der Waals surface area contributed by atoms with Crippen LogP contribution in [-0.4, -0.2) is 37.4 Å². The average molecular weight is 253 g/mol. The highest BCUT2D eigenvalue weighted by molar-refractivity contribution is 5.94. The van der Waals surface area contributed by atoms with Crippen molar-refractivity contribution < 1.29 is 19.0 Å². The Labute approximate surface area is 105 Å². The van der Waals surface area contributed by atoms with E-state index in [0.717, 1.165) is 12.8 Å². The summed E-state index contributed by atoms with van der Waals surface area (Å²) in [6, 6.07) is 4.15. The summed E-state index contributed by atoms with van der Waals surface area (Å²) in [4.78, 5) is 12.9. The normalized spacial score (nSPS) is 16.9. The summed E-state index contributed by atoms with van der Waals surface area (Å²) in [6.07, 6.45) is 1.75. The Balaban J connectivity index is 2.26. The highest BCUT2D eigenvalue weighted by Gasteiger charge is 2.24. The summed E-state index contributed by atoms with van der Waals surface area (Å²) in [7, 11) is 1.66. The summed E-state index contributed by atoms with van der Waals surface area (Å²) in [5.41, 5.74) is 0.213. The summed E-state index contributed by atoms with van der Waals surface area (Å²) >= 11 is 0. The van der Waals surface area contributed by atoms with Gasteiger partial charge >= 0.3 is 5.97 Å². The summed E-state index contributed by atoms with van der Waals surface area (Å²) in [5, 5.41) is 9.10. The van der Waals surface area contributed by atoms with Gasteiger partial charge in [0.15, 0.2) is 0 Å². The molecule has 1 aromatic carbocycles. The molecule has 1 aliphatic rings. The number of anilines is 1. The van der Waals surface area contributed by atoms with Crippen molar-refractivity contribution in [3.63, 3.8) is 0 Å². The van der Waals surface area contributed by atoms with Crippen molar-refractivity contribution in [2.75, 3.05) is 25.1 Å². The van der Waals surface area contributed by atoms with Crippen LogP contribution in [0.15, 0.2) is 18.2 Å². The SMILES string of the molecule is COC1CCN(c2c(F)cccc2C(=O)O)CC1. The molecule has 1 aromatic rings. The Bertz CT molecular complexity index is 442. The fourth-order valence-electron chi connectivity index (χ4n) is 2.32. The van der Waals surface area contributed by atoms with Crippen LogP contribution in [-0.2, 0) is 4.74 Å². The molecule has 0 spiro atoms. The molecular weight excluding hydrogens is 237 g/mol. The van der Waals surface area contributed by atoms with Crippen LogP contribution >= 0.6 is 0 Å². The molecule has 0 unspecified atom stereocenters. The van der Waals surface area contributed by atoms with Gasteiger partial charge in [-0.15, -0.1) is 0 Å². The van der Waals surface area contributed by atoms with Crippen molar-refractivity contribution in [1.29, 1.82) is 0 Å². The summed E-state index contributed by atoms with van der Waals surface area (Å²) < 4.78 is 19.1. The number of rotatable bonds is 3. The van der Waals surface area contributed by atoms with Crippen LogP contribution in [0.5, 0.6) is 0 Å². The summed E-state index contributed by atoms with van der Waals surface area (Å²) in [5.74, 6) is -1.58. The predicted octanol–water partition coefficient (Wildman–Crippen LogP) is 2.14. The van der Waals surface area contributed by atoms with Gasteiger partial charge in [-0.2, -0.15) is 0 Å². The second-order valence-electron chi connectivity index (χ2n) is 4.36. The predicted molar refractivity (Wildman–Crippen MR) is 65.6 cm³/mol. The maximum Gasteiger partial charge on any atom is 0.337 e. The maximum absolute atomic E-state index is 13.8. The molecule has 0 radical (unpaired) electrons. The molecule has 0 amide bonds. The van der Waals surface area contributed by atoms with Crippen molar-refractivity contribution in [2.24, 2.45) is 0 Å². The van der Waals surface area contributed by atoms with Crippen molar-refractivity contribution in [3.8, 4) is 0 Å². The van der Waals surface area contributed by atoms with Gasteiger partial charge in [0.25, 0.3) is 0 Å². The van der Waals surface area contributed by atoms with E-state index in [2.05, 4.69) is 0 Å². The van der Waals surface area contributed by atoms with Crippen LogP contribution in [0.4, 0.5) is 10.1 Å². The van der Waals surface area contributed by atoms with Crippen LogP contribution < -0.4 is 4.90 Å². The molecule has 0 aliphatic carbocycles. The standard InChI is InChI=1S/C13H16FNO3/c1-18-9-5-7-15(8-6-9)12-10(13(16)17)3-2-4-11(12)14/h2-4,9H,5-8H2,1H3,(H,16,17). The number of hydrogen-bond acceptors (Lipinski definition) is 3. The van der Waals surface area contributed by atoms with Gasteiger partial charge in [-0.25, -0.2) is 9.18 Å². The molecule has 98 valence electrons. The van der Waals surface area contributed by atoms with Crippen LogP contribution in [0.1, 0.15) is 23.2 Å². The zero-order valence-electron chi connectivity index (χ0n) is 10.2. The average Bonchev–Trinajstić information content (AvgIpc) is 2.38. The second-order valence-corrected chi connectivity index (χ2v) is 4.36. The molecule has 0 saturated carbocycles. The molecule has 0 bridgehead atoms. The molecule has 0 aromatic heterocycles. The first-order valence-electron chi connectivity index (χ1n) is 5.93. The van der Waals surface area contributed by atoms with Gasteiger partial charge in [-0.05, 0) is 25.0 Å². The number of carbonyl (C=O) groups is 1. The lowest BCUT2D eigenvalue weighted by Crippen LogP contribution is -2.38. The Kier molecular flexibility index (Phi) is 3.81. The first-order valence-corrected chi connectivity index (χ1v) is 5.93. The first-order chi connectivity index (χ1) is 8.63. The fraction of sp³-hybridized carbons (Fsp3) is 0.462. The van der Waals surface area contributed by atoms with Crippen molar-refractivity contribution >= 4 is 11.7 Å². The van der Waals surface area contributed by atoms with E-state index in [9.17, 15) is 9.18 Å². The number of piperidine rings is 1. The van der Waals surface area contributed by atoms with Crippen LogP contribution in [0.3, 0.4) is 0 Å². The van der Waals surface area contributed by atoms with Crippen LogP contribution in [0, 0.1) is 5.82 Å². The molecule has 1 heterocycles. The number of carboxylic acid groups (broad SMARTS) is 1. The molecular formula is C13H16FNO3. The van der Waals surface area contributed by atoms with Crippen LogP contribution in [0.25, 0.3) is 0 Å². The molecule has 18 heavy (non-hydrogen) atoms. The molecule has 1 fully saturated rings. The lowest BCUT2D eigenvalue weighted by Gasteiger charge is -2.33. The van der Waals surface area contributed by atoms with Crippen molar-refractivity contribution in [1.82, 2.24) is 0 Å². The van der Waals surface area contributed by atoms with E-state index in [-0.39, 0.29) is 17.4 Å². The number of methoxy groups -OCH3 is 1. The number of benzene rings is 1. The monoisotopic (exact) mass is 253 g/mol. The zero-order valence-corrected chi connectivity index (χ0v) is 10.2. The number of hydrogen-bond donors (Lipinski definition) is 1. The van der Waals surface area contributed by atoms with Gasteiger partial charge < -0.3 is 14.7 Å². The lowest BCUT2D eigenvalue weighted by atomic mass is 10.0. The number of nitrogens with zero attached hydrogens (tertiary/aromatic N) is 1. The lowest BCUT2D eigenvalue weighted by molar-refractivity contribution is 0.0695. The first kappa shape index (κ1) is 12.8. The van der Waals surface area contributed by atoms with Gasteiger partial charge in [0.2, 0.25) is 0 Å². The minimum atomic E-state index is -1.10. The van der Waals surface area contributed by atoms with Crippen LogP contribution in [0.2, 0.25) is 0 Å². The Hall–Kier alpha value is -1.62. The van der Waals surface area contributed by atoms with Gasteiger partial charge in [0, 0.05) is 20.2 Å². The number of para-hydroxylation sites is 1. The Morgan fingerprint density at radius 1 is 1.44 bits per heavy atom. The van der Waals surface area contributed by atoms with E-state index in [1.807, 2.05) is 0 Å². The molecule has 1 saturated heterocycles. The molecule has 2 rings (SSSR count).